The molecule has 0 bridgehead atoms. The fourth-order valence-electron chi connectivity index (χ4n) is 2.26. The summed E-state index contributed by atoms with van der Waals surface area (Å²) in [6.07, 6.45) is 2.78. The summed E-state index contributed by atoms with van der Waals surface area (Å²) in [6.45, 7) is 2.25. The summed E-state index contributed by atoms with van der Waals surface area (Å²) in [4.78, 5) is 16.5. The van der Waals surface area contributed by atoms with Crippen molar-refractivity contribution < 1.29 is 9.21 Å². The maximum Gasteiger partial charge on any atom is 0.223 e. The lowest BCUT2D eigenvalue weighted by atomic mass is 10.2. The first-order valence-corrected chi connectivity index (χ1v) is 7.64. The summed E-state index contributed by atoms with van der Waals surface area (Å²) in [7, 11) is 4.04. The van der Waals surface area contributed by atoms with E-state index >= 15 is 0 Å². The van der Waals surface area contributed by atoms with Gasteiger partial charge in [0.1, 0.15) is 5.76 Å². The van der Waals surface area contributed by atoms with Crippen LogP contribution in [0.2, 0.25) is 0 Å². The van der Waals surface area contributed by atoms with E-state index in [0.29, 0.717) is 19.4 Å². The highest BCUT2D eigenvalue weighted by Crippen LogP contribution is 2.09. The second-order valence-electron chi connectivity index (χ2n) is 5.68. The van der Waals surface area contributed by atoms with Crippen LogP contribution in [0.4, 0.5) is 0 Å². The summed E-state index contributed by atoms with van der Waals surface area (Å²) in [6, 6.07) is 13.9. The van der Waals surface area contributed by atoms with Gasteiger partial charge >= 0.3 is 0 Å². The first-order chi connectivity index (χ1) is 10.6. The minimum Gasteiger partial charge on any atom is -0.469 e. The fourth-order valence-corrected chi connectivity index (χ4v) is 2.26. The van der Waals surface area contributed by atoms with Gasteiger partial charge in [0.25, 0.3) is 0 Å². The van der Waals surface area contributed by atoms with E-state index in [9.17, 15) is 4.79 Å². The summed E-state index contributed by atoms with van der Waals surface area (Å²) < 4.78 is 5.30. The van der Waals surface area contributed by atoms with E-state index in [1.807, 2.05) is 49.3 Å². The van der Waals surface area contributed by atoms with Gasteiger partial charge in [-0.3, -0.25) is 4.79 Å². The fraction of sp³-hybridized carbons (Fsp3) is 0.389. The van der Waals surface area contributed by atoms with E-state index in [2.05, 4.69) is 17.0 Å². The molecule has 2 aromatic rings. The van der Waals surface area contributed by atoms with Crippen molar-refractivity contribution in [3.05, 3.63) is 60.1 Å². The Bertz CT molecular complexity index is 550. The van der Waals surface area contributed by atoms with Crippen LogP contribution in [0.1, 0.15) is 17.7 Å². The van der Waals surface area contributed by atoms with Crippen LogP contribution in [0.25, 0.3) is 0 Å². The van der Waals surface area contributed by atoms with Gasteiger partial charge in [-0.05, 0) is 31.8 Å². The quantitative estimate of drug-likeness (QED) is 0.752. The zero-order valence-electron chi connectivity index (χ0n) is 13.4. The molecule has 0 atom stereocenters. The number of rotatable bonds is 8. The van der Waals surface area contributed by atoms with Crippen LogP contribution >= 0.6 is 0 Å². The summed E-state index contributed by atoms with van der Waals surface area (Å²) in [5.41, 5.74) is 1.16. The standard InChI is InChI=1S/C18H24N2O2/c1-19(2)12-13-20(15-16-7-4-3-5-8-16)18(21)11-10-17-9-6-14-22-17/h3-9,14H,10-13,15H2,1-2H3. The van der Waals surface area contributed by atoms with Gasteiger partial charge in [0, 0.05) is 32.5 Å². The lowest BCUT2D eigenvalue weighted by Gasteiger charge is -2.24. The Morgan fingerprint density at radius 3 is 2.45 bits per heavy atom. The number of hydrogen-bond donors (Lipinski definition) is 0. The molecule has 0 saturated carbocycles. The van der Waals surface area contributed by atoms with Gasteiger partial charge in [0.15, 0.2) is 0 Å². The Labute approximate surface area is 132 Å². The Morgan fingerprint density at radius 1 is 1.05 bits per heavy atom. The van der Waals surface area contributed by atoms with Crippen molar-refractivity contribution in [3.8, 4) is 0 Å². The van der Waals surface area contributed by atoms with Crippen LogP contribution in [-0.4, -0.2) is 42.9 Å². The average Bonchev–Trinajstić information content (AvgIpc) is 3.03. The molecule has 0 N–H and O–H groups in total. The molecule has 1 aromatic heterocycles. The number of hydrogen-bond acceptors (Lipinski definition) is 3. The predicted octanol–water partition coefficient (Wildman–Crippen LogP) is 2.80. The molecular formula is C18H24N2O2. The van der Waals surface area contributed by atoms with Crippen molar-refractivity contribution in [2.24, 2.45) is 0 Å². The molecule has 0 saturated heterocycles. The van der Waals surface area contributed by atoms with Gasteiger partial charge in [-0.1, -0.05) is 30.3 Å². The molecule has 4 nitrogen and oxygen atoms in total. The lowest BCUT2D eigenvalue weighted by molar-refractivity contribution is -0.132. The van der Waals surface area contributed by atoms with Crippen molar-refractivity contribution in [2.75, 3.05) is 27.2 Å². The van der Waals surface area contributed by atoms with E-state index in [1.54, 1.807) is 6.26 Å². The van der Waals surface area contributed by atoms with Crippen LogP contribution in [0, 0.1) is 0 Å². The second kappa shape index (κ2) is 8.39. The van der Waals surface area contributed by atoms with Crippen molar-refractivity contribution in [1.82, 2.24) is 9.80 Å². The third kappa shape index (κ3) is 5.37. The number of aryl methyl sites for hydroxylation is 1. The number of likely N-dealkylation sites (N-methyl/N-ethyl adjacent to an activating group) is 1. The first-order valence-electron chi connectivity index (χ1n) is 7.64. The smallest absolute Gasteiger partial charge is 0.223 e. The minimum atomic E-state index is 0.169. The van der Waals surface area contributed by atoms with Gasteiger partial charge in [-0.15, -0.1) is 0 Å². The third-order valence-electron chi connectivity index (χ3n) is 3.55. The Hall–Kier alpha value is -2.07. The first kappa shape index (κ1) is 16.3. The number of nitrogens with zero attached hydrogens (tertiary/aromatic N) is 2. The molecule has 1 amide bonds. The molecule has 0 fully saturated rings. The highest BCUT2D eigenvalue weighted by molar-refractivity contribution is 5.76. The van der Waals surface area contributed by atoms with E-state index in [4.69, 9.17) is 4.42 Å². The summed E-state index contributed by atoms with van der Waals surface area (Å²) in [5.74, 6) is 1.03. The molecule has 1 heterocycles. The summed E-state index contributed by atoms with van der Waals surface area (Å²) in [5, 5.41) is 0. The van der Waals surface area contributed by atoms with Crippen molar-refractivity contribution in [2.45, 2.75) is 19.4 Å². The molecule has 0 spiro atoms. The van der Waals surface area contributed by atoms with Gasteiger partial charge in [0.05, 0.1) is 6.26 Å². The minimum absolute atomic E-state index is 0.169. The van der Waals surface area contributed by atoms with Crippen molar-refractivity contribution >= 4 is 5.91 Å². The molecule has 0 aliphatic heterocycles. The van der Waals surface area contributed by atoms with Crippen LogP contribution in [0.3, 0.4) is 0 Å². The predicted molar refractivity (Wildman–Crippen MR) is 87.4 cm³/mol. The van der Waals surface area contributed by atoms with Gasteiger partial charge in [0.2, 0.25) is 5.91 Å². The molecule has 4 heteroatoms. The van der Waals surface area contributed by atoms with Gasteiger partial charge in [-0.2, -0.15) is 0 Å². The maximum atomic E-state index is 12.5. The lowest BCUT2D eigenvalue weighted by Crippen LogP contribution is -2.36. The second-order valence-corrected chi connectivity index (χ2v) is 5.68. The highest BCUT2D eigenvalue weighted by atomic mass is 16.3. The molecule has 2 rings (SSSR count). The van der Waals surface area contributed by atoms with E-state index in [1.165, 1.54) is 0 Å². The molecule has 0 aliphatic carbocycles. The molecule has 0 aliphatic rings. The van der Waals surface area contributed by atoms with Crippen LogP contribution in [-0.2, 0) is 17.8 Å². The molecule has 1 aromatic carbocycles. The van der Waals surface area contributed by atoms with Gasteiger partial charge in [-0.25, -0.2) is 0 Å². The van der Waals surface area contributed by atoms with E-state index < -0.39 is 0 Å². The number of carbonyl (C=O) groups excluding carboxylic acids is 1. The number of carbonyl (C=O) groups is 1. The zero-order valence-corrected chi connectivity index (χ0v) is 13.4. The normalized spacial score (nSPS) is 10.9. The third-order valence-corrected chi connectivity index (χ3v) is 3.55. The Kier molecular flexibility index (Phi) is 6.22. The van der Waals surface area contributed by atoms with E-state index in [-0.39, 0.29) is 5.91 Å². The molecular weight excluding hydrogens is 276 g/mol. The average molecular weight is 300 g/mol. The monoisotopic (exact) mass is 300 g/mol. The maximum absolute atomic E-state index is 12.5. The number of amides is 1. The van der Waals surface area contributed by atoms with Crippen molar-refractivity contribution in [3.63, 3.8) is 0 Å². The molecule has 118 valence electrons. The Morgan fingerprint density at radius 2 is 1.82 bits per heavy atom. The Balaban J connectivity index is 1.94. The number of benzene rings is 1. The van der Waals surface area contributed by atoms with Crippen LogP contribution < -0.4 is 0 Å². The molecule has 22 heavy (non-hydrogen) atoms. The highest BCUT2D eigenvalue weighted by Gasteiger charge is 2.14. The van der Waals surface area contributed by atoms with Gasteiger partial charge < -0.3 is 14.2 Å². The van der Waals surface area contributed by atoms with Crippen LogP contribution in [0.15, 0.2) is 53.1 Å². The van der Waals surface area contributed by atoms with Crippen LogP contribution in [0.5, 0.6) is 0 Å². The number of furan rings is 1. The zero-order chi connectivity index (χ0) is 15.8. The molecule has 0 unspecified atom stereocenters. The SMILES string of the molecule is CN(C)CCN(Cc1ccccc1)C(=O)CCc1ccco1. The van der Waals surface area contributed by atoms with E-state index in [0.717, 1.165) is 24.4 Å². The largest absolute Gasteiger partial charge is 0.469 e. The summed E-state index contributed by atoms with van der Waals surface area (Å²) >= 11 is 0. The van der Waals surface area contributed by atoms with Crippen molar-refractivity contribution in [1.29, 1.82) is 0 Å². The topological polar surface area (TPSA) is 36.7 Å². The molecule has 0 radical (unpaired) electrons.